The summed E-state index contributed by atoms with van der Waals surface area (Å²) in [4.78, 5) is 0. The van der Waals surface area contributed by atoms with Gasteiger partial charge in [0, 0.05) is 0 Å². The predicted octanol–water partition coefficient (Wildman–Crippen LogP) is 4.19. The van der Waals surface area contributed by atoms with Crippen molar-refractivity contribution in [2.24, 2.45) is 5.92 Å². The zero-order valence-electron chi connectivity index (χ0n) is 13.2. The van der Waals surface area contributed by atoms with E-state index in [1.54, 1.807) is 0 Å². The van der Waals surface area contributed by atoms with Gasteiger partial charge in [0.05, 0.1) is 0 Å². The Hall–Kier alpha value is -1.02. The minimum atomic E-state index is 0.0925. The molecule has 0 unspecified atom stereocenters. The summed E-state index contributed by atoms with van der Waals surface area (Å²) in [6, 6.07) is 8.49. The van der Waals surface area contributed by atoms with Crippen molar-refractivity contribution in [1.82, 2.24) is 5.32 Å². The highest BCUT2D eigenvalue weighted by molar-refractivity contribution is 5.34. The fraction of sp³-hybridized carbons (Fsp3) is 0.667. The first kappa shape index (κ1) is 15.4. The second-order valence-electron chi connectivity index (χ2n) is 6.45. The molecule has 0 spiro atoms. The smallest absolute Gasteiger partial charge is 0.123 e. The van der Waals surface area contributed by atoms with Gasteiger partial charge in [-0.25, -0.2) is 0 Å². The molecule has 0 atom stereocenters. The number of nitrogens with one attached hydrogen (secondary N) is 1. The minimum absolute atomic E-state index is 0.0925. The lowest BCUT2D eigenvalue weighted by atomic mass is 9.77. The standard InChI is InChI=1S/C18H29NO/c1-4-16-8-5-6-9-17(16)20-18(10-7-11-18)12-13-19-14-15(2)3/h5-6,8-9,15,19H,4,7,10-14H2,1-3H3. The molecule has 0 radical (unpaired) electrons. The zero-order valence-corrected chi connectivity index (χ0v) is 13.2. The van der Waals surface area contributed by atoms with E-state index in [4.69, 9.17) is 4.74 Å². The molecule has 1 aromatic carbocycles. The summed E-state index contributed by atoms with van der Waals surface area (Å²) in [7, 11) is 0. The van der Waals surface area contributed by atoms with Crippen molar-refractivity contribution >= 4 is 0 Å². The van der Waals surface area contributed by atoms with E-state index in [-0.39, 0.29) is 5.60 Å². The van der Waals surface area contributed by atoms with Crippen LogP contribution in [-0.2, 0) is 6.42 Å². The average molecular weight is 275 g/mol. The topological polar surface area (TPSA) is 21.3 Å². The molecule has 2 heteroatoms. The van der Waals surface area contributed by atoms with E-state index >= 15 is 0 Å². The Labute approximate surface area is 123 Å². The van der Waals surface area contributed by atoms with Crippen molar-refractivity contribution in [3.8, 4) is 5.75 Å². The summed E-state index contributed by atoms with van der Waals surface area (Å²) in [6.07, 6.45) is 5.87. The van der Waals surface area contributed by atoms with Crippen LogP contribution >= 0.6 is 0 Å². The third-order valence-corrected chi connectivity index (χ3v) is 4.25. The van der Waals surface area contributed by atoms with Gasteiger partial charge in [-0.1, -0.05) is 39.0 Å². The third kappa shape index (κ3) is 3.99. The average Bonchev–Trinajstić information content (AvgIpc) is 2.40. The second-order valence-corrected chi connectivity index (χ2v) is 6.45. The highest BCUT2D eigenvalue weighted by Gasteiger charge is 2.39. The lowest BCUT2D eigenvalue weighted by molar-refractivity contribution is -0.0150. The van der Waals surface area contributed by atoms with Crippen LogP contribution in [0.15, 0.2) is 24.3 Å². The quantitative estimate of drug-likeness (QED) is 0.718. The molecule has 0 amide bonds. The first-order chi connectivity index (χ1) is 9.65. The Morgan fingerprint density at radius 2 is 2.00 bits per heavy atom. The first-order valence-corrected chi connectivity index (χ1v) is 8.13. The van der Waals surface area contributed by atoms with Gasteiger partial charge < -0.3 is 10.1 Å². The molecule has 1 aromatic rings. The van der Waals surface area contributed by atoms with Gasteiger partial charge in [-0.05, 0) is 62.7 Å². The fourth-order valence-corrected chi connectivity index (χ4v) is 2.81. The Morgan fingerprint density at radius 1 is 1.25 bits per heavy atom. The SMILES string of the molecule is CCc1ccccc1OC1(CCNCC(C)C)CCC1. The van der Waals surface area contributed by atoms with Gasteiger partial charge in [0.1, 0.15) is 11.4 Å². The van der Waals surface area contributed by atoms with E-state index in [1.165, 1.54) is 24.8 Å². The Morgan fingerprint density at radius 3 is 2.60 bits per heavy atom. The summed E-state index contributed by atoms with van der Waals surface area (Å²) in [6.45, 7) is 8.86. The highest BCUT2D eigenvalue weighted by atomic mass is 16.5. The minimum Gasteiger partial charge on any atom is -0.487 e. The summed E-state index contributed by atoms with van der Waals surface area (Å²) in [5.74, 6) is 1.81. The van der Waals surface area contributed by atoms with Gasteiger partial charge in [0.2, 0.25) is 0 Å². The zero-order chi connectivity index (χ0) is 14.4. The maximum atomic E-state index is 6.43. The van der Waals surface area contributed by atoms with Gasteiger partial charge in [0.15, 0.2) is 0 Å². The molecule has 0 aromatic heterocycles. The van der Waals surface area contributed by atoms with Crippen LogP contribution in [0.25, 0.3) is 0 Å². The molecular weight excluding hydrogens is 246 g/mol. The van der Waals surface area contributed by atoms with Crippen molar-refractivity contribution < 1.29 is 4.74 Å². The number of para-hydroxylation sites is 1. The number of ether oxygens (including phenoxy) is 1. The van der Waals surface area contributed by atoms with Gasteiger partial charge in [-0.15, -0.1) is 0 Å². The van der Waals surface area contributed by atoms with Gasteiger partial charge in [0.25, 0.3) is 0 Å². The largest absolute Gasteiger partial charge is 0.487 e. The Bertz CT molecular complexity index is 410. The van der Waals surface area contributed by atoms with E-state index in [1.807, 2.05) is 0 Å². The van der Waals surface area contributed by atoms with Crippen LogP contribution in [-0.4, -0.2) is 18.7 Å². The number of aryl methyl sites for hydroxylation is 1. The highest BCUT2D eigenvalue weighted by Crippen LogP contribution is 2.40. The molecule has 112 valence electrons. The van der Waals surface area contributed by atoms with Crippen molar-refractivity contribution in [1.29, 1.82) is 0 Å². The van der Waals surface area contributed by atoms with Crippen LogP contribution < -0.4 is 10.1 Å². The predicted molar refractivity (Wildman–Crippen MR) is 85.4 cm³/mol. The lowest BCUT2D eigenvalue weighted by Crippen LogP contribution is -2.45. The van der Waals surface area contributed by atoms with Crippen LogP contribution in [0.5, 0.6) is 5.75 Å². The van der Waals surface area contributed by atoms with E-state index in [2.05, 4.69) is 50.4 Å². The molecule has 1 saturated carbocycles. The molecule has 20 heavy (non-hydrogen) atoms. The van der Waals surface area contributed by atoms with Crippen molar-refractivity contribution in [3.05, 3.63) is 29.8 Å². The normalized spacial score (nSPS) is 17.0. The molecule has 1 N–H and O–H groups in total. The molecule has 0 heterocycles. The molecular formula is C18H29NO. The molecule has 1 aliphatic rings. The van der Waals surface area contributed by atoms with Crippen LogP contribution in [0.2, 0.25) is 0 Å². The van der Waals surface area contributed by atoms with E-state index in [9.17, 15) is 0 Å². The summed E-state index contributed by atoms with van der Waals surface area (Å²) in [5, 5.41) is 3.54. The van der Waals surface area contributed by atoms with E-state index in [0.717, 1.165) is 31.7 Å². The maximum Gasteiger partial charge on any atom is 0.123 e. The van der Waals surface area contributed by atoms with E-state index < -0.39 is 0 Å². The molecule has 1 fully saturated rings. The summed E-state index contributed by atoms with van der Waals surface area (Å²) < 4.78 is 6.43. The van der Waals surface area contributed by atoms with Gasteiger partial charge in [-0.2, -0.15) is 0 Å². The Balaban J connectivity index is 1.90. The fourth-order valence-electron chi connectivity index (χ4n) is 2.81. The Kier molecular flexibility index (Phi) is 5.47. The molecule has 2 nitrogen and oxygen atoms in total. The molecule has 0 aliphatic heterocycles. The van der Waals surface area contributed by atoms with Crippen LogP contribution in [0.1, 0.15) is 52.0 Å². The molecule has 2 rings (SSSR count). The van der Waals surface area contributed by atoms with Crippen LogP contribution in [0.4, 0.5) is 0 Å². The lowest BCUT2D eigenvalue weighted by Gasteiger charge is -2.42. The number of rotatable bonds is 8. The number of benzene rings is 1. The molecule has 0 saturated heterocycles. The summed E-state index contributed by atoms with van der Waals surface area (Å²) >= 11 is 0. The van der Waals surface area contributed by atoms with Gasteiger partial charge >= 0.3 is 0 Å². The first-order valence-electron chi connectivity index (χ1n) is 8.13. The second kappa shape index (κ2) is 7.12. The number of hydrogen-bond donors (Lipinski definition) is 1. The number of hydrogen-bond acceptors (Lipinski definition) is 2. The van der Waals surface area contributed by atoms with Crippen LogP contribution in [0.3, 0.4) is 0 Å². The maximum absolute atomic E-state index is 6.43. The van der Waals surface area contributed by atoms with Crippen molar-refractivity contribution in [2.45, 2.75) is 58.5 Å². The van der Waals surface area contributed by atoms with Crippen LogP contribution in [0, 0.1) is 5.92 Å². The molecule has 1 aliphatic carbocycles. The van der Waals surface area contributed by atoms with Crippen molar-refractivity contribution in [2.75, 3.05) is 13.1 Å². The third-order valence-electron chi connectivity index (χ3n) is 4.25. The van der Waals surface area contributed by atoms with E-state index in [0.29, 0.717) is 5.92 Å². The monoisotopic (exact) mass is 275 g/mol. The summed E-state index contributed by atoms with van der Waals surface area (Å²) in [5.41, 5.74) is 1.42. The van der Waals surface area contributed by atoms with Crippen molar-refractivity contribution in [3.63, 3.8) is 0 Å². The molecule has 0 bridgehead atoms. The van der Waals surface area contributed by atoms with Gasteiger partial charge in [-0.3, -0.25) is 0 Å².